The minimum atomic E-state index is -0.470. The molecule has 2 aromatic rings. The lowest BCUT2D eigenvalue weighted by Crippen LogP contribution is -2.35. The first kappa shape index (κ1) is 25.6. The molecule has 8 nitrogen and oxygen atoms in total. The Morgan fingerprint density at radius 2 is 0.939 bits per heavy atom. The maximum absolute atomic E-state index is 12.8. The molecule has 0 saturated carbocycles. The van der Waals surface area contributed by atoms with Crippen molar-refractivity contribution in [3.8, 4) is 0 Å². The number of carbonyl (C=O) groups excluding carboxylic acids is 4. The van der Waals surface area contributed by atoms with E-state index in [0.717, 1.165) is 11.1 Å². The van der Waals surface area contributed by atoms with Gasteiger partial charge in [-0.15, -0.1) is 0 Å². The molecule has 0 spiro atoms. The van der Waals surface area contributed by atoms with Crippen LogP contribution in [0.25, 0.3) is 0 Å². The molecule has 0 heterocycles. The number of primary amides is 2. The largest absolute Gasteiger partial charge is 0.370 e. The summed E-state index contributed by atoms with van der Waals surface area (Å²) in [5, 5.41) is 0. The van der Waals surface area contributed by atoms with Crippen molar-refractivity contribution in [3.05, 3.63) is 71.8 Å². The highest BCUT2D eigenvalue weighted by Gasteiger charge is 2.18. The van der Waals surface area contributed by atoms with E-state index in [0.29, 0.717) is 19.5 Å². The molecule has 8 heteroatoms. The van der Waals surface area contributed by atoms with Gasteiger partial charge in [-0.1, -0.05) is 60.7 Å². The van der Waals surface area contributed by atoms with E-state index in [9.17, 15) is 19.2 Å². The molecule has 2 rings (SSSR count). The normalized spacial score (nSPS) is 10.4. The van der Waals surface area contributed by atoms with Gasteiger partial charge in [0.15, 0.2) is 0 Å². The van der Waals surface area contributed by atoms with E-state index in [1.807, 2.05) is 60.7 Å². The van der Waals surface area contributed by atoms with Crippen LogP contribution in [0.5, 0.6) is 0 Å². The molecule has 0 aromatic heterocycles. The van der Waals surface area contributed by atoms with Crippen LogP contribution in [-0.4, -0.2) is 46.5 Å². The molecule has 176 valence electrons. The van der Waals surface area contributed by atoms with Crippen LogP contribution >= 0.6 is 0 Å². The van der Waals surface area contributed by atoms with Gasteiger partial charge in [0.05, 0.1) is 0 Å². The highest BCUT2D eigenvalue weighted by Crippen LogP contribution is 2.12. The maximum atomic E-state index is 12.8. The van der Waals surface area contributed by atoms with E-state index in [1.54, 1.807) is 9.80 Å². The Morgan fingerprint density at radius 3 is 1.27 bits per heavy atom. The molecule has 0 unspecified atom stereocenters. The summed E-state index contributed by atoms with van der Waals surface area (Å²) in [6.07, 6.45) is 0.866. The predicted molar refractivity (Wildman–Crippen MR) is 125 cm³/mol. The Labute approximate surface area is 194 Å². The summed E-state index contributed by atoms with van der Waals surface area (Å²) in [6, 6.07) is 19.0. The van der Waals surface area contributed by atoms with E-state index >= 15 is 0 Å². The van der Waals surface area contributed by atoms with E-state index in [2.05, 4.69) is 0 Å². The topological polar surface area (TPSA) is 127 Å². The van der Waals surface area contributed by atoms with Gasteiger partial charge in [0.1, 0.15) is 0 Å². The highest BCUT2D eigenvalue weighted by atomic mass is 16.2. The van der Waals surface area contributed by atoms with Crippen molar-refractivity contribution in [2.24, 2.45) is 11.5 Å². The first-order valence-electron chi connectivity index (χ1n) is 11.0. The van der Waals surface area contributed by atoms with Crippen LogP contribution in [0.2, 0.25) is 0 Å². The Balaban J connectivity index is 1.93. The van der Waals surface area contributed by atoms with Crippen LogP contribution < -0.4 is 11.5 Å². The number of carbonyl (C=O) groups is 4. The molecule has 0 saturated heterocycles. The van der Waals surface area contributed by atoms with Gasteiger partial charge in [-0.05, 0) is 17.5 Å². The summed E-state index contributed by atoms with van der Waals surface area (Å²) in [7, 11) is 0. The number of hydrogen-bond donors (Lipinski definition) is 2. The molecule has 0 aliphatic carbocycles. The van der Waals surface area contributed by atoms with Gasteiger partial charge in [0, 0.05) is 51.9 Å². The summed E-state index contributed by atoms with van der Waals surface area (Å²) in [4.78, 5) is 51.2. The molecule has 0 aliphatic rings. The first-order valence-corrected chi connectivity index (χ1v) is 11.0. The lowest BCUT2D eigenvalue weighted by Gasteiger charge is -2.24. The van der Waals surface area contributed by atoms with Crippen molar-refractivity contribution in [2.45, 2.75) is 45.2 Å². The number of nitrogens with two attached hydrogens (primary N) is 2. The number of amides is 4. The van der Waals surface area contributed by atoms with Gasteiger partial charge in [-0.2, -0.15) is 0 Å². The van der Waals surface area contributed by atoms with E-state index in [1.165, 1.54) is 0 Å². The number of hydrogen-bond acceptors (Lipinski definition) is 4. The third kappa shape index (κ3) is 9.99. The van der Waals surface area contributed by atoms with Crippen LogP contribution in [0.4, 0.5) is 0 Å². The molecule has 4 N–H and O–H groups in total. The molecule has 2 aromatic carbocycles. The second-order valence-electron chi connectivity index (χ2n) is 7.89. The van der Waals surface area contributed by atoms with Crippen LogP contribution in [0.15, 0.2) is 60.7 Å². The average molecular weight is 453 g/mol. The van der Waals surface area contributed by atoms with Gasteiger partial charge in [-0.3, -0.25) is 19.2 Å². The molecule has 4 amide bonds. The SMILES string of the molecule is NC(=O)CCN(Cc1ccccc1)C(=O)CCCC(=O)N(CCC(N)=O)Cc1ccccc1. The van der Waals surface area contributed by atoms with E-state index in [-0.39, 0.29) is 50.6 Å². The van der Waals surface area contributed by atoms with Crippen molar-refractivity contribution in [1.82, 2.24) is 9.80 Å². The Bertz CT molecular complexity index is 843. The first-order chi connectivity index (χ1) is 15.8. The van der Waals surface area contributed by atoms with Gasteiger partial charge in [-0.25, -0.2) is 0 Å². The fraction of sp³-hybridized carbons (Fsp3) is 0.360. The molecular weight excluding hydrogens is 420 g/mol. The van der Waals surface area contributed by atoms with E-state index in [4.69, 9.17) is 11.5 Å². The molecule has 0 fully saturated rings. The monoisotopic (exact) mass is 452 g/mol. The second-order valence-corrected chi connectivity index (χ2v) is 7.89. The summed E-state index contributed by atoms with van der Waals surface area (Å²) in [5.74, 6) is -1.22. The molecule has 33 heavy (non-hydrogen) atoms. The fourth-order valence-corrected chi connectivity index (χ4v) is 3.39. The quantitative estimate of drug-likeness (QED) is 0.454. The molecule has 0 radical (unpaired) electrons. The Morgan fingerprint density at radius 1 is 0.576 bits per heavy atom. The lowest BCUT2D eigenvalue weighted by atomic mass is 10.1. The zero-order valence-corrected chi connectivity index (χ0v) is 18.8. The predicted octanol–water partition coefficient (Wildman–Crippen LogP) is 1.97. The van der Waals surface area contributed by atoms with Crippen LogP contribution in [0.3, 0.4) is 0 Å². The van der Waals surface area contributed by atoms with Gasteiger partial charge in [0.25, 0.3) is 0 Å². The summed E-state index contributed by atoms with van der Waals surface area (Å²) >= 11 is 0. The number of nitrogens with zero attached hydrogens (tertiary/aromatic N) is 2. The minimum absolute atomic E-state index is 0.0788. The number of benzene rings is 2. The average Bonchev–Trinajstić information content (AvgIpc) is 2.80. The third-order valence-corrected chi connectivity index (χ3v) is 5.18. The van der Waals surface area contributed by atoms with Crippen molar-refractivity contribution >= 4 is 23.6 Å². The zero-order chi connectivity index (χ0) is 24.1. The van der Waals surface area contributed by atoms with Gasteiger partial charge < -0.3 is 21.3 Å². The number of rotatable bonds is 14. The summed E-state index contributed by atoms with van der Waals surface area (Å²) in [6.45, 7) is 1.21. The van der Waals surface area contributed by atoms with Crippen LogP contribution in [0, 0.1) is 0 Å². The van der Waals surface area contributed by atoms with Crippen molar-refractivity contribution in [1.29, 1.82) is 0 Å². The summed E-state index contributed by atoms with van der Waals surface area (Å²) < 4.78 is 0. The maximum Gasteiger partial charge on any atom is 0.222 e. The summed E-state index contributed by atoms with van der Waals surface area (Å²) in [5.41, 5.74) is 12.4. The highest BCUT2D eigenvalue weighted by molar-refractivity contribution is 5.80. The Hall–Kier alpha value is -3.68. The lowest BCUT2D eigenvalue weighted by molar-refractivity contribution is -0.133. The van der Waals surface area contributed by atoms with E-state index < -0.39 is 11.8 Å². The van der Waals surface area contributed by atoms with Crippen molar-refractivity contribution in [3.63, 3.8) is 0 Å². The van der Waals surface area contributed by atoms with Crippen molar-refractivity contribution < 1.29 is 19.2 Å². The zero-order valence-electron chi connectivity index (χ0n) is 18.8. The molecule has 0 atom stereocenters. The molecular formula is C25H32N4O4. The smallest absolute Gasteiger partial charge is 0.222 e. The third-order valence-electron chi connectivity index (χ3n) is 5.18. The van der Waals surface area contributed by atoms with Crippen LogP contribution in [0.1, 0.15) is 43.2 Å². The van der Waals surface area contributed by atoms with Crippen molar-refractivity contribution in [2.75, 3.05) is 13.1 Å². The molecule has 0 aliphatic heterocycles. The second kappa shape index (κ2) is 13.7. The van der Waals surface area contributed by atoms with Gasteiger partial charge >= 0.3 is 0 Å². The minimum Gasteiger partial charge on any atom is -0.370 e. The Kier molecular flexibility index (Phi) is 10.6. The standard InChI is InChI=1S/C25H32N4O4/c26-22(30)14-16-28(18-20-8-3-1-4-9-20)24(32)12-7-13-25(33)29(17-15-23(27)31)19-21-10-5-2-6-11-21/h1-6,8-11H,7,12-19H2,(H2,26,30)(H2,27,31). The molecule has 0 bridgehead atoms. The van der Waals surface area contributed by atoms with Crippen LogP contribution in [-0.2, 0) is 32.3 Å². The van der Waals surface area contributed by atoms with Gasteiger partial charge in [0.2, 0.25) is 23.6 Å². The fourth-order valence-electron chi connectivity index (χ4n) is 3.39.